The van der Waals surface area contributed by atoms with Crippen LogP contribution in [0.1, 0.15) is 171 Å². The first-order valence-corrected chi connectivity index (χ1v) is 30.8. The SMILES string of the molecule is CCC(=O)CCCCC(=O)N1Cc2ccccc2-c2nnn(CCCCC(NC(=O)C3C[C@@H](N4CCCCC4=O)CN3C(=O)OCC3c4ccccc4-c4ccccc43)C(=O)CCCCCCCOC(=O)CCC(=O)CC)c2-c2ccccc21. The third-order valence-corrected chi connectivity index (χ3v) is 17.2. The Labute approximate surface area is 493 Å². The van der Waals surface area contributed by atoms with E-state index in [4.69, 9.17) is 19.8 Å². The lowest BCUT2D eigenvalue weighted by atomic mass is 9.95. The lowest BCUT2D eigenvalue weighted by Crippen LogP contribution is -2.51. The van der Waals surface area contributed by atoms with Gasteiger partial charge in [0, 0.05) is 81.6 Å². The standard InChI is InChI=1S/C67H81N7O10/c1-3-48(75)25-10-18-35-62(79)72-43-46-24-9-11-26-50(46)64-65(55-31-16-17-33-58(55)72)74(70-69-64)40-22-19-32-57(60(77)34-8-6-5-7-23-41-83-63(80)38-37-49(76)4-2)68-66(81)59-42-47(71-39-21-20-36-61(71)78)44-73(59)67(82)84-45-56-53-29-14-12-27-51(53)52-28-13-15-30-54(52)56/h9,11-17,24,26-31,33,47,56-57,59H,3-8,10,18-23,25,32,34-45H2,1-2H3,(H,68,81)/t47-,57?,59?/m1/s1. The number of nitrogens with zero attached hydrogens (tertiary/aromatic N) is 6. The average molecular weight is 1140 g/mol. The van der Waals surface area contributed by atoms with Crippen molar-refractivity contribution in [3.8, 4) is 33.6 Å². The summed E-state index contributed by atoms with van der Waals surface area (Å²) in [5, 5.41) is 12.6. The highest BCUT2D eigenvalue weighted by Crippen LogP contribution is 2.45. The molecule has 17 heteroatoms. The van der Waals surface area contributed by atoms with Crippen molar-refractivity contribution in [3.05, 3.63) is 114 Å². The smallest absolute Gasteiger partial charge is 0.410 e. The summed E-state index contributed by atoms with van der Waals surface area (Å²) in [7, 11) is 0. The molecule has 4 heterocycles. The molecule has 2 saturated heterocycles. The highest BCUT2D eigenvalue weighted by atomic mass is 16.6. The summed E-state index contributed by atoms with van der Waals surface area (Å²) < 4.78 is 13.4. The van der Waals surface area contributed by atoms with Gasteiger partial charge in [-0.2, -0.15) is 0 Å². The van der Waals surface area contributed by atoms with E-state index in [1.165, 1.54) is 4.90 Å². The molecule has 1 aromatic heterocycles. The van der Waals surface area contributed by atoms with Crippen molar-refractivity contribution < 1.29 is 47.8 Å². The van der Waals surface area contributed by atoms with Crippen molar-refractivity contribution in [3.63, 3.8) is 0 Å². The second-order valence-electron chi connectivity index (χ2n) is 22.8. The number of hydrogen-bond donors (Lipinski definition) is 1. The largest absolute Gasteiger partial charge is 0.466 e. The van der Waals surface area contributed by atoms with E-state index in [-0.39, 0.29) is 86.5 Å². The van der Waals surface area contributed by atoms with Crippen molar-refractivity contribution in [2.24, 2.45) is 0 Å². The molecule has 4 amide bonds. The normalized spacial score (nSPS) is 16.5. The van der Waals surface area contributed by atoms with Crippen LogP contribution in [-0.4, -0.2) is 116 Å². The molecule has 5 aromatic rings. The summed E-state index contributed by atoms with van der Waals surface area (Å²) in [4.78, 5) is 112. The van der Waals surface area contributed by atoms with Gasteiger partial charge in [0.25, 0.3) is 0 Å². The Morgan fingerprint density at radius 1 is 0.667 bits per heavy atom. The lowest BCUT2D eigenvalue weighted by Gasteiger charge is -2.32. The van der Waals surface area contributed by atoms with Crippen molar-refractivity contribution >= 4 is 52.8 Å². The van der Waals surface area contributed by atoms with Gasteiger partial charge in [0.05, 0.1) is 43.0 Å². The number of amides is 4. The van der Waals surface area contributed by atoms with E-state index in [1.807, 2.05) is 94.2 Å². The van der Waals surface area contributed by atoms with E-state index < -0.39 is 30.1 Å². The maximum absolute atomic E-state index is 14.9. The predicted octanol–water partition coefficient (Wildman–Crippen LogP) is 11.3. The number of hydrogen-bond acceptors (Lipinski definition) is 12. The van der Waals surface area contributed by atoms with Crippen LogP contribution in [0.5, 0.6) is 0 Å². The lowest BCUT2D eigenvalue weighted by molar-refractivity contribution is -0.145. The first kappa shape index (κ1) is 60.8. The molecular weight excluding hydrogens is 1060 g/mol. The van der Waals surface area contributed by atoms with Crippen LogP contribution in [-0.2, 0) is 56.1 Å². The number of piperidine rings is 1. The van der Waals surface area contributed by atoms with Crippen LogP contribution in [0.3, 0.4) is 0 Å². The third-order valence-electron chi connectivity index (χ3n) is 17.2. The Balaban J connectivity index is 0.897. The van der Waals surface area contributed by atoms with Crippen LogP contribution in [0.4, 0.5) is 10.5 Å². The number of ether oxygens (including phenoxy) is 2. The Hall–Kier alpha value is -7.82. The van der Waals surface area contributed by atoms with Gasteiger partial charge in [-0.3, -0.25) is 38.5 Å². The fraction of sp³-hybridized carbons (Fsp3) is 0.493. The second-order valence-corrected chi connectivity index (χ2v) is 22.8. The maximum atomic E-state index is 14.9. The van der Waals surface area contributed by atoms with Gasteiger partial charge in [-0.1, -0.05) is 129 Å². The Morgan fingerprint density at radius 3 is 2.07 bits per heavy atom. The molecule has 9 rings (SSSR count). The molecule has 2 unspecified atom stereocenters. The maximum Gasteiger partial charge on any atom is 0.410 e. The van der Waals surface area contributed by atoms with Crippen molar-refractivity contribution in [2.45, 2.75) is 186 Å². The molecule has 1 N–H and O–H groups in total. The van der Waals surface area contributed by atoms with Crippen molar-refractivity contribution in [1.29, 1.82) is 0 Å². The van der Waals surface area contributed by atoms with Gasteiger partial charge in [-0.05, 0) is 98.1 Å². The summed E-state index contributed by atoms with van der Waals surface area (Å²) in [6.07, 6.45) is 9.95. The first-order valence-electron chi connectivity index (χ1n) is 30.8. The number of benzene rings is 4. The van der Waals surface area contributed by atoms with Crippen LogP contribution in [0.2, 0.25) is 0 Å². The molecule has 4 aromatic carbocycles. The minimum atomic E-state index is -0.994. The number of rotatable bonds is 29. The third kappa shape index (κ3) is 14.9. The number of para-hydroxylation sites is 1. The molecule has 0 saturated carbocycles. The Kier molecular flexibility index (Phi) is 21.4. The fourth-order valence-electron chi connectivity index (χ4n) is 12.5. The first-order chi connectivity index (χ1) is 40.9. The molecule has 0 spiro atoms. The number of unbranched alkanes of at least 4 members (excludes halogenated alkanes) is 6. The van der Waals surface area contributed by atoms with Gasteiger partial charge in [-0.25, -0.2) is 9.48 Å². The van der Waals surface area contributed by atoms with Gasteiger partial charge >= 0.3 is 12.1 Å². The van der Waals surface area contributed by atoms with Gasteiger partial charge in [-0.15, -0.1) is 5.10 Å². The molecule has 1 aliphatic carbocycles. The molecule has 2 fully saturated rings. The van der Waals surface area contributed by atoms with E-state index in [0.29, 0.717) is 102 Å². The Morgan fingerprint density at radius 2 is 1.32 bits per heavy atom. The summed E-state index contributed by atoms with van der Waals surface area (Å²) >= 11 is 0. The number of fused-ring (bicyclic) bond motifs is 8. The van der Waals surface area contributed by atoms with Crippen LogP contribution >= 0.6 is 0 Å². The van der Waals surface area contributed by atoms with E-state index in [0.717, 1.165) is 82.4 Å². The molecular formula is C67H81N7O10. The summed E-state index contributed by atoms with van der Waals surface area (Å²) in [6.45, 7) is 5.38. The minimum absolute atomic E-state index is 0.000119. The van der Waals surface area contributed by atoms with Gasteiger partial charge < -0.3 is 24.6 Å². The zero-order chi connectivity index (χ0) is 59.0. The molecule has 84 heavy (non-hydrogen) atoms. The zero-order valence-corrected chi connectivity index (χ0v) is 48.9. The molecule has 0 radical (unpaired) electrons. The molecule has 0 bridgehead atoms. The predicted molar refractivity (Wildman–Crippen MR) is 319 cm³/mol. The van der Waals surface area contributed by atoms with Crippen LogP contribution in [0.25, 0.3) is 33.6 Å². The number of esters is 1. The topological polar surface area (TPSA) is 207 Å². The fourth-order valence-corrected chi connectivity index (χ4v) is 12.5. The van der Waals surface area contributed by atoms with Crippen LogP contribution in [0.15, 0.2) is 97.1 Å². The van der Waals surface area contributed by atoms with E-state index in [9.17, 15) is 38.4 Å². The number of aryl methyl sites for hydroxylation is 1. The summed E-state index contributed by atoms with van der Waals surface area (Å²) in [6, 6.07) is 29.6. The van der Waals surface area contributed by atoms with E-state index in [1.54, 1.807) is 6.92 Å². The Bertz CT molecular complexity index is 3130. The molecule has 444 valence electrons. The van der Waals surface area contributed by atoms with E-state index in [2.05, 4.69) is 29.6 Å². The van der Waals surface area contributed by atoms with Crippen molar-refractivity contribution in [1.82, 2.24) is 30.1 Å². The number of carbonyl (C=O) groups is 8. The molecule has 3 atom stereocenters. The quantitative estimate of drug-likeness (QED) is 0.0350. The molecule has 17 nitrogen and oxygen atoms in total. The van der Waals surface area contributed by atoms with E-state index >= 15 is 0 Å². The van der Waals surface area contributed by atoms with Crippen LogP contribution < -0.4 is 10.2 Å². The average Bonchev–Trinajstić information content (AvgIpc) is 2.81. The number of carbonyl (C=O) groups excluding carboxylic acids is 8. The molecule has 4 aliphatic rings. The number of nitrogens with one attached hydrogen (secondary N) is 1. The second kappa shape index (κ2) is 29.6. The zero-order valence-electron chi connectivity index (χ0n) is 48.9. The minimum Gasteiger partial charge on any atom is -0.466 e. The summed E-state index contributed by atoms with van der Waals surface area (Å²) in [5.74, 6) is -0.983. The number of Topliss-reactive ketones (excluding diaryl/α,β-unsaturated/α-hetero) is 3. The summed E-state index contributed by atoms with van der Waals surface area (Å²) in [5.41, 5.74) is 9.13. The molecule has 3 aliphatic heterocycles. The van der Waals surface area contributed by atoms with Gasteiger partial charge in [0.15, 0.2) is 5.78 Å². The number of ketones is 3. The number of aromatic nitrogens is 3. The monoisotopic (exact) mass is 1140 g/mol. The van der Waals surface area contributed by atoms with Gasteiger partial charge in [0.1, 0.15) is 29.9 Å². The van der Waals surface area contributed by atoms with Crippen LogP contribution in [0, 0.1) is 0 Å². The van der Waals surface area contributed by atoms with Crippen molar-refractivity contribution in [2.75, 3.05) is 31.2 Å². The van der Waals surface area contributed by atoms with Gasteiger partial charge in [0.2, 0.25) is 17.7 Å². The number of likely N-dealkylation sites (tertiary alicyclic amines) is 2. The highest BCUT2D eigenvalue weighted by molar-refractivity contribution is 6.00. The highest BCUT2D eigenvalue weighted by Gasteiger charge is 2.45. The number of anilines is 1.